The van der Waals surface area contributed by atoms with Crippen LogP contribution in [0.3, 0.4) is 0 Å². The Hall–Kier alpha value is -1.95. The summed E-state index contributed by atoms with van der Waals surface area (Å²) in [6.07, 6.45) is 4.34. The number of rotatable bonds is 5. The summed E-state index contributed by atoms with van der Waals surface area (Å²) in [5.41, 5.74) is 5.88. The smallest absolute Gasteiger partial charge is 0.160 e. The quantitative estimate of drug-likeness (QED) is 0.648. The van der Waals surface area contributed by atoms with Gasteiger partial charge in [0.25, 0.3) is 0 Å². The lowest BCUT2D eigenvalue weighted by Crippen LogP contribution is -2.34. The van der Waals surface area contributed by atoms with E-state index in [0.29, 0.717) is 5.92 Å². The molecule has 4 rings (SSSR count). The van der Waals surface area contributed by atoms with Gasteiger partial charge in [0.2, 0.25) is 0 Å². The second-order valence-corrected chi connectivity index (χ2v) is 8.54. The number of hydrogen-bond donors (Lipinski definition) is 0. The number of nitrogens with zero attached hydrogens (tertiary/aromatic N) is 5. The molecule has 0 bridgehead atoms. The van der Waals surface area contributed by atoms with Crippen LogP contribution in [0.2, 0.25) is 5.02 Å². The van der Waals surface area contributed by atoms with Crippen LogP contribution in [0.25, 0.3) is 5.65 Å². The molecule has 1 fully saturated rings. The summed E-state index contributed by atoms with van der Waals surface area (Å²) in [5.74, 6) is 0.470. The molecule has 0 amide bonds. The van der Waals surface area contributed by atoms with Crippen LogP contribution >= 0.6 is 11.6 Å². The minimum Gasteiger partial charge on any atom is -0.305 e. The molecule has 0 aliphatic carbocycles. The third kappa shape index (κ3) is 4.07. The molecule has 1 saturated heterocycles. The minimum absolute atomic E-state index is 0.470. The molecule has 0 saturated carbocycles. The second-order valence-electron chi connectivity index (χ2n) is 8.11. The molecule has 0 spiro atoms. The Labute approximate surface area is 171 Å². The first-order valence-corrected chi connectivity index (χ1v) is 10.3. The fourth-order valence-corrected chi connectivity index (χ4v) is 4.34. The zero-order chi connectivity index (χ0) is 19.7. The summed E-state index contributed by atoms with van der Waals surface area (Å²) < 4.78 is 2.09. The Bertz CT molecular complexity index is 947. The fraction of sp³-hybridized carbons (Fsp3) is 0.455. The van der Waals surface area contributed by atoms with Crippen molar-refractivity contribution in [1.29, 1.82) is 0 Å². The van der Waals surface area contributed by atoms with E-state index in [1.54, 1.807) is 0 Å². The Kier molecular flexibility index (Phi) is 5.67. The van der Waals surface area contributed by atoms with Gasteiger partial charge in [0.05, 0.1) is 11.4 Å². The molecule has 1 atom stereocenters. The van der Waals surface area contributed by atoms with E-state index in [1.165, 1.54) is 29.7 Å². The molecule has 2 aromatic heterocycles. The lowest BCUT2D eigenvalue weighted by atomic mass is 9.94. The molecule has 0 radical (unpaired) electrons. The maximum Gasteiger partial charge on any atom is 0.160 e. The van der Waals surface area contributed by atoms with Gasteiger partial charge in [-0.1, -0.05) is 23.7 Å². The van der Waals surface area contributed by atoms with Crippen LogP contribution in [0, 0.1) is 6.92 Å². The van der Waals surface area contributed by atoms with E-state index in [4.69, 9.17) is 16.7 Å². The Morgan fingerprint density at radius 1 is 1.18 bits per heavy atom. The Balaban J connectivity index is 1.58. The van der Waals surface area contributed by atoms with E-state index in [0.717, 1.165) is 42.5 Å². The number of aromatic nitrogens is 3. The van der Waals surface area contributed by atoms with Crippen molar-refractivity contribution in [2.24, 2.45) is 0 Å². The molecule has 0 N–H and O–H groups in total. The molecule has 28 heavy (non-hydrogen) atoms. The van der Waals surface area contributed by atoms with Crippen LogP contribution in [-0.4, -0.2) is 51.6 Å². The molecule has 1 unspecified atom stereocenters. The Morgan fingerprint density at radius 3 is 2.71 bits per heavy atom. The van der Waals surface area contributed by atoms with Crippen LogP contribution in [0.1, 0.15) is 41.3 Å². The molecule has 3 aromatic rings. The number of aryl methyl sites for hydroxylation is 1. The molecular weight excluding hydrogens is 370 g/mol. The first kappa shape index (κ1) is 19.4. The van der Waals surface area contributed by atoms with Crippen molar-refractivity contribution in [2.45, 2.75) is 38.8 Å². The number of piperidine rings is 1. The zero-order valence-electron chi connectivity index (χ0n) is 16.9. The first-order valence-electron chi connectivity index (χ1n) is 9.96. The van der Waals surface area contributed by atoms with Crippen molar-refractivity contribution in [3.63, 3.8) is 0 Å². The minimum atomic E-state index is 0.470. The molecule has 148 valence electrons. The van der Waals surface area contributed by atoms with Crippen molar-refractivity contribution in [3.8, 4) is 0 Å². The van der Waals surface area contributed by atoms with Gasteiger partial charge in [0, 0.05) is 42.3 Å². The number of benzene rings is 1. The molecule has 6 heteroatoms. The number of fused-ring (bicyclic) bond motifs is 1. The highest BCUT2D eigenvalue weighted by Crippen LogP contribution is 2.29. The van der Waals surface area contributed by atoms with Gasteiger partial charge in [-0.05, 0) is 64.2 Å². The van der Waals surface area contributed by atoms with E-state index in [2.05, 4.69) is 58.5 Å². The third-order valence-corrected chi connectivity index (χ3v) is 5.81. The van der Waals surface area contributed by atoms with Crippen LogP contribution in [0.15, 0.2) is 36.5 Å². The predicted molar refractivity (Wildman–Crippen MR) is 114 cm³/mol. The number of hydrogen-bond acceptors (Lipinski definition) is 4. The zero-order valence-corrected chi connectivity index (χ0v) is 17.7. The van der Waals surface area contributed by atoms with Gasteiger partial charge in [-0.25, -0.2) is 9.50 Å². The van der Waals surface area contributed by atoms with Crippen LogP contribution in [0.5, 0.6) is 0 Å². The van der Waals surface area contributed by atoms with Gasteiger partial charge in [-0.15, -0.1) is 0 Å². The molecule has 1 aromatic carbocycles. The molecular formula is C22H28ClN5. The maximum atomic E-state index is 6.03. The van der Waals surface area contributed by atoms with Gasteiger partial charge < -0.3 is 4.90 Å². The van der Waals surface area contributed by atoms with Crippen molar-refractivity contribution < 1.29 is 0 Å². The van der Waals surface area contributed by atoms with E-state index in [1.807, 2.05) is 18.3 Å². The topological polar surface area (TPSA) is 36.7 Å². The number of likely N-dealkylation sites (tertiary alicyclic amines) is 1. The summed E-state index contributed by atoms with van der Waals surface area (Å²) in [6, 6.07) is 10.4. The van der Waals surface area contributed by atoms with E-state index in [9.17, 15) is 0 Å². The Morgan fingerprint density at radius 2 is 1.96 bits per heavy atom. The van der Waals surface area contributed by atoms with Crippen molar-refractivity contribution in [3.05, 3.63) is 64.1 Å². The van der Waals surface area contributed by atoms with Crippen molar-refractivity contribution in [1.82, 2.24) is 24.4 Å². The summed E-state index contributed by atoms with van der Waals surface area (Å²) in [6.45, 7) is 6.09. The van der Waals surface area contributed by atoms with Gasteiger partial charge in [0.15, 0.2) is 5.65 Å². The van der Waals surface area contributed by atoms with Crippen LogP contribution in [0.4, 0.5) is 0 Å². The summed E-state index contributed by atoms with van der Waals surface area (Å²) in [4.78, 5) is 9.37. The van der Waals surface area contributed by atoms with Gasteiger partial charge >= 0.3 is 0 Å². The highest BCUT2D eigenvalue weighted by molar-refractivity contribution is 6.30. The highest BCUT2D eigenvalue weighted by Gasteiger charge is 2.25. The summed E-state index contributed by atoms with van der Waals surface area (Å²) >= 11 is 6.03. The van der Waals surface area contributed by atoms with Crippen LogP contribution < -0.4 is 0 Å². The lowest BCUT2D eigenvalue weighted by Gasteiger charge is -2.33. The number of halogens is 1. The van der Waals surface area contributed by atoms with Crippen molar-refractivity contribution in [2.75, 3.05) is 27.2 Å². The van der Waals surface area contributed by atoms with Gasteiger partial charge in [-0.2, -0.15) is 5.10 Å². The maximum absolute atomic E-state index is 6.03. The van der Waals surface area contributed by atoms with E-state index in [-0.39, 0.29) is 0 Å². The summed E-state index contributed by atoms with van der Waals surface area (Å²) in [7, 11) is 4.17. The average Bonchev–Trinajstić information content (AvgIpc) is 2.99. The summed E-state index contributed by atoms with van der Waals surface area (Å²) in [5, 5.41) is 5.65. The third-order valence-electron chi connectivity index (χ3n) is 5.56. The van der Waals surface area contributed by atoms with Crippen molar-refractivity contribution >= 4 is 17.2 Å². The van der Waals surface area contributed by atoms with E-state index >= 15 is 0 Å². The van der Waals surface area contributed by atoms with Gasteiger partial charge in [0.1, 0.15) is 0 Å². The second kappa shape index (κ2) is 8.19. The largest absolute Gasteiger partial charge is 0.305 e. The normalized spacial score (nSPS) is 18.2. The molecule has 1 aliphatic rings. The monoisotopic (exact) mass is 397 g/mol. The SMILES string of the molecule is Cc1nn2c(C3CCCN(Cc4ccc(Cl)cc4)C3)ccnc2c1CN(C)C. The fourth-order valence-electron chi connectivity index (χ4n) is 4.21. The van der Waals surface area contributed by atoms with Crippen LogP contribution in [-0.2, 0) is 13.1 Å². The van der Waals surface area contributed by atoms with Gasteiger partial charge in [-0.3, -0.25) is 4.90 Å². The molecule has 1 aliphatic heterocycles. The molecule has 3 heterocycles. The average molecular weight is 398 g/mol. The lowest BCUT2D eigenvalue weighted by molar-refractivity contribution is 0.197. The highest BCUT2D eigenvalue weighted by atomic mass is 35.5. The molecule has 5 nitrogen and oxygen atoms in total. The predicted octanol–water partition coefficient (Wildman–Crippen LogP) is 4.13. The van der Waals surface area contributed by atoms with E-state index < -0.39 is 0 Å². The standard InChI is InChI=1S/C22H28ClN5/c1-16-20(15-26(2)3)22-24-11-10-21(28(22)25-16)18-5-4-12-27(14-18)13-17-6-8-19(23)9-7-17/h6-11,18H,4-5,12-15H2,1-3H3. The first-order chi connectivity index (χ1) is 13.5.